The topological polar surface area (TPSA) is 46.5 Å². The van der Waals surface area contributed by atoms with Gasteiger partial charge in [0.05, 0.1) is 12.2 Å². The van der Waals surface area contributed by atoms with E-state index in [1.165, 1.54) is 6.07 Å². The van der Waals surface area contributed by atoms with Crippen LogP contribution in [0, 0.1) is 11.7 Å². The highest BCUT2D eigenvalue weighted by atomic mass is 19.1. The van der Waals surface area contributed by atoms with Crippen LogP contribution in [0.3, 0.4) is 0 Å². The summed E-state index contributed by atoms with van der Waals surface area (Å²) in [6.07, 6.45) is 0. The van der Waals surface area contributed by atoms with Crippen LogP contribution in [0.25, 0.3) is 0 Å². The molecule has 82 valence electrons. The SMILES string of the molecule is CC(C)COC(=O)c1ccc(F)c(O)c1. The van der Waals surface area contributed by atoms with E-state index in [2.05, 4.69) is 0 Å². The van der Waals surface area contributed by atoms with Crippen molar-refractivity contribution in [2.24, 2.45) is 5.92 Å². The minimum Gasteiger partial charge on any atom is -0.505 e. The van der Waals surface area contributed by atoms with Crippen LogP contribution in [-0.4, -0.2) is 17.7 Å². The maximum absolute atomic E-state index is 12.7. The van der Waals surface area contributed by atoms with Crippen LogP contribution >= 0.6 is 0 Å². The van der Waals surface area contributed by atoms with Crippen molar-refractivity contribution in [2.45, 2.75) is 13.8 Å². The molecule has 0 radical (unpaired) electrons. The molecule has 0 spiro atoms. The third kappa shape index (κ3) is 3.23. The predicted octanol–water partition coefficient (Wildman–Crippen LogP) is 2.34. The number of benzene rings is 1. The summed E-state index contributed by atoms with van der Waals surface area (Å²) in [6.45, 7) is 4.13. The number of phenolic OH excluding ortho intramolecular Hbond substituents is 1. The van der Waals surface area contributed by atoms with E-state index in [0.29, 0.717) is 6.61 Å². The molecule has 0 heterocycles. The molecule has 1 N–H and O–H groups in total. The molecule has 0 amide bonds. The van der Waals surface area contributed by atoms with Crippen LogP contribution in [0.4, 0.5) is 4.39 Å². The number of hydrogen-bond donors (Lipinski definition) is 1. The lowest BCUT2D eigenvalue weighted by Gasteiger charge is -2.07. The monoisotopic (exact) mass is 212 g/mol. The number of carbonyl (C=O) groups is 1. The Kier molecular flexibility index (Phi) is 3.66. The zero-order valence-electron chi connectivity index (χ0n) is 8.66. The summed E-state index contributed by atoms with van der Waals surface area (Å²) < 4.78 is 17.6. The van der Waals surface area contributed by atoms with Gasteiger partial charge in [0.15, 0.2) is 11.6 Å². The molecule has 4 heteroatoms. The lowest BCUT2D eigenvalue weighted by molar-refractivity contribution is 0.0458. The Morgan fingerprint density at radius 3 is 2.73 bits per heavy atom. The first kappa shape index (κ1) is 11.5. The zero-order chi connectivity index (χ0) is 11.4. The third-order valence-electron chi connectivity index (χ3n) is 1.73. The van der Waals surface area contributed by atoms with Gasteiger partial charge >= 0.3 is 5.97 Å². The molecule has 15 heavy (non-hydrogen) atoms. The van der Waals surface area contributed by atoms with Gasteiger partial charge in [-0.15, -0.1) is 0 Å². The molecule has 1 aromatic rings. The average molecular weight is 212 g/mol. The molecule has 0 unspecified atom stereocenters. The molecule has 0 bridgehead atoms. The highest BCUT2D eigenvalue weighted by Gasteiger charge is 2.10. The van der Waals surface area contributed by atoms with Gasteiger partial charge in [-0.2, -0.15) is 0 Å². The summed E-state index contributed by atoms with van der Waals surface area (Å²) in [5.41, 5.74) is 0.148. The molecule has 1 aromatic carbocycles. The number of halogens is 1. The van der Waals surface area contributed by atoms with Gasteiger partial charge < -0.3 is 9.84 Å². The second-order valence-corrected chi connectivity index (χ2v) is 3.66. The fourth-order valence-corrected chi connectivity index (χ4v) is 0.965. The van der Waals surface area contributed by atoms with Crippen molar-refractivity contribution >= 4 is 5.97 Å². The van der Waals surface area contributed by atoms with Crippen molar-refractivity contribution in [1.29, 1.82) is 0 Å². The molecule has 0 saturated heterocycles. The predicted molar refractivity (Wildman–Crippen MR) is 53.2 cm³/mol. The molecule has 0 aliphatic carbocycles. The zero-order valence-corrected chi connectivity index (χ0v) is 8.66. The third-order valence-corrected chi connectivity index (χ3v) is 1.73. The van der Waals surface area contributed by atoms with Crippen molar-refractivity contribution in [3.63, 3.8) is 0 Å². The minimum absolute atomic E-state index is 0.148. The molecule has 1 rings (SSSR count). The Bertz CT molecular complexity index is 361. The van der Waals surface area contributed by atoms with Gasteiger partial charge in [-0.1, -0.05) is 13.8 Å². The van der Waals surface area contributed by atoms with Gasteiger partial charge in [-0.25, -0.2) is 9.18 Å². The maximum Gasteiger partial charge on any atom is 0.338 e. The number of carbonyl (C=O) groups excluding carboxylic acids is 1. The second-order valence-electron chi connectivity index (χ2n) is 3.66. The van der Waals surface area contributed by atoms with E-state index < -0.39 is 17.5 Å². The van der Waals surface area contributed by atoms with Gasteiger partial charge in [-0.05, 0) is 24.1 Å². The Hall–Kier alpha value is -1.58. The lowest BCUT2D eigenvalue weighted by atomic mass is 10.2. The summed E-state index contributed by atoms with van der Waals surface area (Å²) in [5, 5.41) is 9.04. The number of rotatable bonds is 3. The lowest BCUT2D eigenvalue weighted by Crippen LogP contribution is -2.10. The molecule has 3 nitrogen and oxygen atoms in total. The highest BCUT2D eigenvalue weighted by Crippen LogP contribution is 2.17. The fourth-order valence-electron chi connectivity index (χ4n) is 0.965. The van der Waals surface area contributed by atoms with E-state index in [0.717, 1.165) is 12.1 Å². The number of esters is 1. The molecule has 0 atom stereocenters. The number of phenols is 1. The van der Waals surface area contributed by atoms with Crippen molar-refractivity contribution in [1.82, 2.24) is 0 Å². The number of ether oxygens (including phenoxy) is 1. The van der Waals surface area contributed by atoms with Crippen LogP contribution in [0.15, 0.2) is 18.2 Å². The molecular weight excluding hydrogens is 199 g/mol. The van der Waals surface area contributed by atoms with Crippen molar-refractivity contribution in [3.05, 3.63) is 29.6 Å². The van der Waals surface area contributed by atoms with Crippen LogP contribution in [0.1, 0.15) is 24.2 Å². The van der Waals surface area contributed by atoms with Crippen LogP contribution in [0.2, 0.25) is 0 Å². The van der Waals surface area contributed by atoms with E-state index in [-0.39, 0.29) is 11.5 Å². The van der Waals surface area contributed by atoms with Gasteiger partial charge in [0.1, 0.15) is 0 Å². The summed E-state index contributed by atoms with van der Waals surface area (Å²) in [5.74, 6) is -1.62. The summed E-state index contributed by atoms with van der Waals surface area (Å²) in [4.78, 5) is 11.4. The average Bonchev–Trinajstić information content (AvgIpc) is 2.18. The molecule has 0 saturated carbocycles. The minimum atomic E-state index is -0.754. The van der Waals surface area contributed by atoms with E-state index >= 15 is 0 Å². The van der Waals surface area contributed by atoms with Crippen molar-refractivity contribution in [3.8, 4) is 5.75 Å². The Labute approximate surface area is 87.5 Å². The van der Waals surface area contributed by atoms with E-state index in [9.17, 15) is 9.18 Å². The van der Waals surface area contributed by atoms with E-state index in [1.54, 1.807) is 0 Å². The van der Waals surface area contributed by atoms with Crippen molar-refractivity contribution in [2.75, 3.05) is 6.61 Å². The second kappa shape index (κ2) is 4.77. The maximum atomic E-state index is 12.7. The molecular formula is C11H13FO3. The summed E-state index contributed by atoms with van der Waals surface area (Å²) in [6, 6.07) is 3.36. The van der Waals surface area contributed by atoms with Crippen LogP contribution in [-0.2, 0) is 4.74 Å². The Balaban J connectivity index is 2.70. The molecule has 0 aliphatic heterocycles. The Morgan fingerprint density at radius 2 is 2.20 bits per heavy atom. The summed E-state index contributed by atoms with van der Waals surface area (Å²) >= 11 is 0. The van der Waals surface area contributed by atoms with Gasteiger partial charge in [0.25, 0.3) is 0 Å². The largest absolute Gasteiger partial charge is 0.505 e. The highest BCUT2D eigenvalue weighted by molar-refractivity contribution is 5.89. The van der Waals surface area contributed by atoms with Crippen LogP contribution in [0.5, 0.6) is 5.75 Å². The molecule has 0 fully saturated rings. The first-order chi connectivity index (χ1) is 7.00. The van der Waals surface area contributed by atoms with Gasteiger partial charge in [-0.3, -0.25) is 0 Å². The number of aromatic hydroxyl groups is 1. The first-order valence-corrected chi connectivity index (χ1v) is 4.66. The number of hydrogen-bond acceptors (Lipinski definition) is 3. The van der Waals surface area contributed by atoms with Crippen LogP contribution < -0.4 is 0 Å². The first-order valence-electron chi connectivity index (χ1n) is 4.66. The van der Waals surface area contributed by atoms with E-state index in [1.807, 2.05) is 13.8 Å². The molecule has 0 aromatic heterocycles. The fraction of sp³-hybridized carbons (Fsp3) is 0.364. The quantitative estimate of drug-likeness (QED) is 0.782. The standard InChI is InChI=1S/C11H13FO3/c1-7(2)6-15-11(14)8-3-4-9(12)10(13)5-8/h3-5,7,13H,6H2,1-2H3. The normalized spacial score (nSPS) is 10.4. The van der Waals surface area contributed by atoms with E-state index in [4.69, 9.17) is 9.84 Å². The smallest absolute Gasteiger partial charge is 0.338 e. The molecule has 0 aliphatic rings. The van der Waals surface area contributed by atoms with Crippen molar-refractivity contribution < 1.29 is 19.0 Å². The Morgan fingerprint density at radius 1 is 1.53 bits per heavy atom. The summed E-state index contributed by atoms with van der Waals surface area (Å²) in [7, 11) is 0. The van der Waals surface area contributed by atoms with Gasteiger partial charge in [0, 0.05) is 0 Å². The van der Waals surface area contributed by atoms with Gasteiger partial charge in [0.2, 0.25) is 0 Å².